The van der Waals surface area contributed by atoms with Crippen molar-refractivity contribution in [2.24, 2.45) is 0 Å². The van der Waals surface area contributed by atoms with E-state index in [2.05, 4.69) is 20.3 Å². The van der Waals surface area contributed by atoms with Crippen molar-refractivity contribution in [1.82, 2.24) is 15.0 Å². The summed E-state index contributed by atoms with van der Waals surface area (Å²) in [5.41, 5.74) is -0.170. The first-order chi connectivity index (χ1) is 15.7. The average Bonchev–Trinajstić information content (AvgIpc) is 3.29. The van der Waals surface area contributed by atoms with Crippen LogP contribution in [0.4, 0.5) is 33.3 Å². The Kier molecular flexibility index (Phi) is 6.21. The van der Waals surface area contributed by atoms with Crippen molar-refractivity contribution in [1.29, 1.82) is 0 Å². The minimum atomic E-state index is -4.61. The molecule has 1 amide bonds. The Hall–Kier alpha value is -3.63. The van der Waals surface area contributed by atoms with Gasteiger partial charge in [0.2, 0.25) is 0 Å². The van der Waals surface area contributed by atoms with Crippen molar-refractivity contribution >= 4 is 17.3 Å². The van der Waals surface area contributed by atoms with Crippen LogP contribution in [0.3, 0.4) is 0 Å². The number of alkyl halides is 5. The Labute approximate surface area is 185 Å². The Morgan fingerprint density at radius 3 is 2.52 bits per heavy atom. The van der Waals surface area contributed by atoms with E-state index in [1.54, 1.807) is 12.4 Å². The van der Waals surface area contributed by atoms with Crippen molar-refractivity contribution in [2.45, 2.75) is 24.9 Å². The fraction of sp³-hybridized carbons (Fsp3) is 0.273. The van der Waals surface area contributed by atoms with Crippen molar-refractivity contribution in [3.63, 3.8) is 0 Å². The summed E-state index contributed by atoms with van der Waals surface area (Å²) >= 11 is 0. The quantitative estimate of drug-likeness (QED) is 0.535. The number of aromatic nitrogens is 3. The van der Waals surface area contributed by atoms with Crippen molar-refractivity contribution in [2.75, 3.05) is 23.3 Å². The lowest BCUT2D eigenvalue weighted by Crippen LogP contribution is -2.20. The van der Waals surface area contributed by atoms with Gasteiger partial charge >= 0.3 is 6.18 Å². The molecule has 4 rings (SSSR count). The summed E-state index contributed by atoms with van der Waals surface area (Å²) in [4.78, 5) is 26.1. The second-order valence-corrected chi connectivity index (χ2v) is 7.59. The predicted molar refractivity (Wildman–Crippen MR) is 110 cm³/mol. The first-order valence-electron chi connectivity index (χ1n) is 9.98. The second-order valence-electron chi connectivity index (χ2n) is 7.59. The van der Waals surface area contributed by atoms with Gasteiger partial charge in [0.1, 0.15) is 6.33 Å². The number of anilines is 2. The summed E-state index contributed by atoms with van der Waals surface area (Å²) in [5, 5.41) is 2.36. The lowest BCUT2D eigenvalue weighted by atomic mass is 9.91. The zero-order valence-electron chi connectivity index (χ0n) is 17.1. The van der Waals surface area contributed by atoms with Crippen LogP contribution >= 0.6 is 0 Å². The van der Waals surface area contributed by atoms with Crippen LogP contribution in [0.15, 0.2) is 55.4 Å². The number of halogens is 5. The SMILES string of the molecule is O=C(Nc1cncc(C(F)(F)F)c1)c1ccc(C(F)F)c(C2CCN(c3cncnc3)C2)c1. The van der Waals surface area contributed by atoms with Crippen molar-refractivity contribution < 1.29 is 26.7 Å². The molecule has 33 heavy (non-hydrogen) atoms. The van der Waals surface area contributed by atoms with Crippen LogP contribution in [0.25, 0.3) is 0 Å². The van der Waals surface area contributed by atoms with Crippen LogP contribution in [0.5, 0.6) is 0 Å². The van der Waals surface area contributed by atoms with Gasteiger partial charge in [-0.3, -0.25) is 9.78 Å². The zero-order valence-corrected chi connectivity index (χ0v) is 17.1. The normalized spacial score (nSPS) is 16.3. The lowest BCUT2D eigenvalue weighted by molar-refractivity contribution is -0.137. The maximum absolute atomic E-state index is 13.7. The fourth-order valence-corrected chi connectivity index (χ4v) is 3.84. The molecule has 1 aliphatic heterocycles. The Morgan fingerprint density at radius 2 is 1.82 bits per heavy atom. The van der Waals surface area contributed by atoms with Gasteiger partial charge in [-0.15, -0.1) is 0 Å². The van der Waals surface area contributed by atoms with E-state index >= 15 is 0 Å². The van der Waals surface area contributed by atoms with E-state index in [4.69, 9.17) is 0 Å². The van der Waals surface area contributed by atoms with Gasteiger partial charge in [0, 0.05) is 36.3 Å². The highest BCUT2D eigenvalue weighted by Gasteiger charge is 2.32. The maximum Gasteiger partial charge on any atom is 0.417 e. The molecule has 172 valence electrons. The third-order valence-corrected chi connectivity index (χ3v) is 5.45. The molecule has 1 atom stereocenters. The maximum atomic E-state index is 13.7. The summed E-state index contributed by atoms with van der Waals surface area (Å²) in [5.74, 6) is -0.985. The van der Waals surface area contributed by atoms with Crippen LogP contribution in [0.2, 0.25) is 0 Å². The van der Waals surface area contributed by atoms with Crippen LogP contribution < -0.4 is 10.2 Å². The molecule has 0 saturated carbocycles. The van der Waals surface area contributed by atoms with Crippen LogP contribution in [0.1, 0.15) is 45.8 Å². The van der Waals surface area contributed by atoms with Gasteiger partial charge in [-0.25, -0.2) is 18.7 Å². The third kappa shape index (κ3) is 5.07. The number of rotatable bonds is 5. The summed E-state index contributed by atoms with van der Waals surface area (Å²) in [7, 11) is 0. The number of pyridine rings is 1. The van der Waals surface area contributed by atoms with Gasteiger partial charge in [-0.05, 0) is 30.2 Å². The Morgan fingerprint density at radius 1 is 1.06 bits per heavy atom. The van der Waals surface area contributed by atoms with E-state index in [1.807, 2.05) is 4.90 Å². The number of nitrogens with zero attached hydrogens (tertiary/aromatic N) is 4. The smallest absolute Gasteiger partial charge is 0.368 e. The Bertz CT molecular complexity index is 1140. The lowest BCUT2D eigenvalue weighted by Gasteiger charge is -2.20. The number of nitrogens with one attached hydrogen (secondary N) is 1. The number of carbonyl (C=O) groups excluding carboxylic acids is 1. The molecule has 1 aromatic carbocycles. The first-order valence-corrected chi connectivity index (χ1v) is 9.98. The molecule has 0 bridgehead atoms. The molecule has 1 fully saturated rings. The highest BCUT2D eigenvalue weighted by atomic mass is 19.4. The van der Waals surface area contributed by atoms with Crippen LogP contribution in [-0.4, -0.2) is 33.9 Å². The summed E-state index contributed by atoms with van der Waals surface area (Å²) in [6.07, 6.45) is -0.373. The second kappa shape index (κ2) is 9.08. The molecule has 1 saturated heterocycles. The zero-order chi connectivity index (χ0) is 23.6. The molecule has 0 spiro atoms. The van der Waals surface area contributed by atoms with Crippen molar-refractivity contribution in [3.05, 3.63) is 77.6 Å². The minimum absolute atomic E-state index is 0.0632. The molecular formula is C22H18F5N5O. The van der Waals surface area contributed by atoms with E-state index in [9.17, 15) is 26.7 Å². The highest BCUT2D eigenvalue weighted by Crippen LogP contribution is 2.36. The van der Waals surface area contributed by atoms with Crippen molar-refractivity contribution in [3.8, 4) is 0 Å². The summed E-state index contributed by atoms with van der Waals surface area (Å²) in [6, 6.07) is 4.57. The minimum Gasteiger partial charge on any atom is -0.368 e. The number of carbonyl (C=O) groups is 1. The molecular weight excluding hydrogens is 445 g/mol. The molecule has 6 nitrogen and oxygen atoms in total. The molecule has 2 aromatic heterocycles. The standard InChI is InChI=1S/C22H18F5N5O/c23-20(24)18-2-1-13(21(33)31-16-6-15(7-28-8-16)22(25,26)27)5-19(18)14-3-4-32(11-14)17-9-29-12-30-10-17/h1-2,5-10,12,14,20H,3-4,11H2,(H,31,33). The average molecular weight is 463 g/mol. The molecule has 3 heterocycles. The highest BCUT2D eigenvalue weighted by molar-refractivity contribution is 6.04. The largest absolute Gasteiger partial charge is 0.417 e. The first kappa shape index (κ1) is 22.6. The van der Waals surface area contributed by atoms with E-state index in [1.165, 1.54) is 24.5 Å². The molecule has 11 heteroatoms. The molecule has 0 radical (unpaired) electrons. The predicted octanol–water partition coefficient (Wildman–Crippen LogP) is 5.07. The number of amides is 1. The topological polar surface area (TPSA) is 71.0 Å². The molecule has 3 aromatic rings. The van der Waals surface area contributed by atoms with E-state index in [0.717, 1.165) is 18.0 Å². The summed E-state index contributed by atoms with van der Waals surface area (Å²) < 4.78 is 66.1. The van der Waals surface area contributed by atoms with Gasteiger partial charge in [0.05, 0.1) is 35.5 Å². The van der Waals surface area contributed by atoms with Gasteiger partial charge in [-0.1, -0.05) is 6.07 Å². The monoisotopic (exact) mass is 463 g/mol. The number of hydrogen-bond acceptors (Lipinski definition) is 5. The van der Waals surface area contributed by atoms with E-state index < -0.39 is 24.1 Å². The van der Waals surface area contributed by atoms with E-state index in [-0.39, 0.29) is 22.7 Å². The van der Waals surface area contributed by atoms with Crippen LogP contribution in [-0.2, 0) is 6.18 Å². The molecule has 1 unspecified atom stereocenters. The fourth-order valence-electron chi connectivity index (χ4n) is 3.84. The van der Waals surface area contributed by atoms with E-state index in [0.29, 0.717) is 31.3 Å². The van der Waals surface area contributed by atoms with Crippen LogP contribution in [0, 0.1) is 0 Å². The molecule has 1 aliphatic rings. The van der Waals surface area contributed by atoms with Gasteiger partial charge in [-0.2, -0.15) is 13.2 Å². The van der Waals surface area contributed by atoms with Gasteiger partial charge in [0.25, 0.3) is 12.3 Å². The molecule has 0 aliphatic carbocycles. The van der Waals surface area contributed by atoms with Gasteiger partial charge in [0.15, 0.2) is 0 Å². The number of benzene rings is 1. The molecule has 1 N–H and O–H groups in total. The Balaban J connectivity index is 1.57. The number of hydrogen-bond donors (Lipinski definition) is 1. The third-order valence-electron chi connectivity index (χ3n) is 5.45. The van der Waals surface area contributed by atoms with Gasteiger partial charge < -0.3 is 10.2 Å². The summed E-state index contributed by atoms with van der Waals surface area (Å²) in [6.45, 7) is 1.04.